The molecule has 1 aromatic rings. The Labute approximate surface area is 103 Å². The first-order valence-electron chi connectivity index (χ1n) is 5.73. The molecule has 0 heterocycles. The minimum Gasteiger partial charge on any atom is -0.444 e. The van der Waals surface area contributed by atoms with Crippen molar-refractivity contribution >= 4 is 6.09 Å². The largest absolute Gasteiger partial charge is 0.444 e. The molecule has 0 aliphatic carbocycles. The number of rotatable bonds is 3. The molecule has 1 unspecified atom stereocenters. The summed E-state index contributed by atoms with van der Waals surface area (Å²) in [6, 6.07) is 9.73. The molecule has 1 atom stereocenters. The van der Waals surface area contributed by atoms with Crippen LogP contribution in [0.15, 0.2) is 30.3 Å². The second-order valence-electron chi connectivity index (χ2n) is 5.03. The van der Waals surface area contributed by atoms with Crippen molar-refractivity contribution in [3.63, 3.8) is 0 Å². The topological polar surface area (TPSA) is 38.3 Å². The van der Waals surface area contributed by atoms with Crippen LogP contribution in [0.5, 0.6) is 0 Å². The van der Waals surface area contributed by atoms with Crippen molar-refractivity contribution in [2.45, 2.75) is 38.8 Å². The van der Waals surface area contributed by atoms with Gasteiger partial charge in [-0.05, 0) is 39.7 Å². The number of alkyl carbamates (subject to hydrolysis) is 1. The summed E-state index contributed by atoms with van der Waals surface area (Å²) in [5.74, 6) is 0. The number of amides is 1. The number of carbonyl (C=O) groups is 1. The number of hydrogen-bond acceptors (Lipinski definition) is 2. The van der Waals surface area contributed by atoms with Gasteiger partial charge in [-0.25, -0.2) is 4.79 Å². The molecule has 1 radical (unpaired) electrons. The molecule has 93 valence electrons. The maximum atomic E-state index is 11.5. The molecule has 0 aliphatic heterocycles. The Hall–Kier alpha value is -1.51. The standard InChI is InChI=1S/C14H20NO2/c1-11(10-12-8-6-5-7-9-12)15-13(16)17-14(2,3)4/h5-9,11H,1,10H2,2-4H3,(H,15,16). The van der Waals surface area contributed by atoms with Gasteiger partial charge in [0.2, 0.25) is 0 Å². The highest BCUT2D eigenvalue weighted by atomic mass is 16.6. The molecule has 1 N–H and O–H groups in total. The minimum absolute atomic E-state index is 0.188. The van der Waals surface area contributed by atoms with Crippen molar-refractivity contribution in [1.82, 2.24) is 5.32 Å². The molecular formula is C14H20NO2. The van der Waals surface area contributed by atoms with Crippen LogP contribution < -0.4 is 5.32 Å². The van der Waals surface area contributed by atoms with Crippen molar-refractivity contribution in [3.8, 4) is 0 Å². The molecule has 1 aromatic carbocycles. The van der Waals surface area contributed by atoms with E-state index in [9.17, 15) is 4.79 Å². The van der Waals surface area contributed by atoms with Crippen LogP contribution in [-0.4, -0.2) is 17.7 Å². The number of hydrogen-bond donors (Lipinski definition) is 1. The Morgan fingerprint density at radius 3 is 2.47 bits per heavy atom. The lowest BCUT2D eigenvalue weighted by atomic mass is 10.1. The summed E-state index contributed by atoms with van der Waals surface area (Å²) < 4.78 is 5.16. The maximum absolute atomic E-state index is 11.5. The molecular weight excluding hydrogens is 214 g/mol. The van der Waals surface area contributed by atoms with Gasteiger partial charge in [0.05, 0.1) is 0 Å². The summed E-state index contributed by atoms with van der Waals surface area (Å²) in [7, 11) is 0. The van der Waals surface area contributed by atoms with Crippen LogP contribution in [0.3, 0.4) is 0 Å². The molecule has 3 nitrogen and oxygen atoms in total. The van der Waals surface area contributed by atoms with E-state index < -0.39 is 11.7 Å². The number of carbonyl (C=O) groups excluding carboxylic acids is 1. The van der Waals surface area contributed by atoms with Crippen molar-refractivity contribution in [3.05, 3.63) is 42.8 Å². The van der Waals surface area contributed by atoms with E-state index in [-0.39, 0.29) is 6.04 Å². The van der Waals surface area contributed by atoms with Crippen molar-refractivity contribution in [2.75, 3.05) is 0 Å². The zero-order valence-electron chi connectivity index (χ0n) is 10.7. The van der Waals surface area contributed by atoms with Gasteiger partial charge in [0.25, 0.3) is 0 Å². The summed E-state index contributed by atoms with van der Waals surface area (Å²) in [6.07, 6.45) is 0.272. The molecule has 0 aliphatic rings. The third-order valence-electron chi connectivity index (χ3n) is 2.05. The summed E-state index contributed by atoms with van der Waals surface area (Å²) in [5.41, 5.74) is 0.667. The monoisotopic (exact) mass is 234 g/mol. The van der Waals surface area contributed by atoms with E-state index in [1.54, 1.807) is 0 Å². The molecule has 0 spiro atoms. The second kappa shape index (κ2) is 5.71. The Morgan fingerprint density at radius 1 is 1.35 bits per heavy atom. The van der Waals surface area contributed by atoms with E-state index in [1.165, 1.54) is 0 Å². The van der Waals surface area contributed by atoms with Crippen molar-refractivity contribution < 1.29 is 9.53 Å². The van der Waals surface area contributed by atoms with Gasteiger partial charge in [-0.2, -0.15) is 0 Å². The van der Waals surface area contributed by atoms with E-state index in [0.717, 1.165) is 5.56 Å². The van der Waals surface area contributed by atoms with Gasteiger partial charge < -0.3 is 10.1 Å². The van der Waals surface area contributed by atoms with Crippen LogP contribution in [0.4, 0.5) is 4.79 Å². The zero-order chi connectivity index (χ0) is 12.9. The maximum Gasteiger partial charge on any atom is 0.407 e. The van der Waals surface area contributed by atoms with E-state index in [4.69, 9.17) is 4.74 Å². The lowest BCUT2D eigenvalue weighted by molar-refractivity contribution is 0.0514. The van der Waals surface area contributed by atoms with Crippen LogP contribution in [-0.2, 0) is 11.2 Å². The van der Waals surface area contributed by atoms with E-state index in [2.05, 4.69) is 12.2 Å². The second-order valence-corrected chi connectivity index (χ2v) is 5.03. The van der Waals surface area contributed by atoms with Gasteiger partial charge in [0.1, 0.15) is 5.60 Å². The summed E-state index contributed by atoms with van der Waals surface area (Å²) in [6.45, 7) is 9.40. The van der Waals surface area contributed by atoms with E-state index in [1.807, 2.05) is 51.1 Å². The molecule has 3 heteroatoms. The quantitative estimate of drug-likeness (QED) is 0.873. The molecule has 0 saturated carbocycles. The molecule has 1 rings (SSSR count). The molecule has 0 fully saturated rings. The third-order valence-corrected chi connectivity index (χ3v) is 2.05. The van der Waals surface area contributed by atoms with Gasteiger partial charge in [0.15, 0.2) is 0 Å². The van der Waals surface area contributed by atoms with Gasteiger partial charge in [-0.15, -0.1) is 0 Å². The Balaban J connectivity index is 2.40. The van der Waals surface area contributed by atoms with Crippen molar-refractivity contribution in [2.24, 2.45) is 0 Å². The molecule has 17 heavy (non-hydrogen) atoms. The van der Waals surface area contributed by atoms with Crippen LogP contribution in [0.2, 0.25) is 0 Å². The fraction of sp³-hybridized carbons (Fsp3) is 0.429. The SMILES string of the molecule is [CH2]C(Cc1ccccc1)NC(=O)OC(C)(C)C. The lowest BCUT2D eigenvalue weighted by Crippen LogP contribution is -2.38. The fourth-order valence-electron chi connectivity index (χ4n) is 1.42. The highest BCUT2D eigenvalue weighted by Crippen LogP contribution is 2.08. The first-order valence-corrected chi connectivity index (χ1v) is 5.73. The number of benzene rings is 1. The lowest BCUT2D eigenvalue weighted by Gasteiger charge is -2.21. The first kappa shape index (κ1) is 13.6. The van der Waals surface area contributed by atoms with E-state index >= 15 is 0 Å². The Bertz CT molecular complexity index is 354. The summed E-state index contributed by atoms with van der Waals surface area (Å²) in [5, 5.41) is 2.71. The number of nitrogens with one attached hydrogen (secondary N) is 1. The fourth-order valence-corrected chi connectivity index (χ4v) is 1.42. The average Bonchev–Trinajstić information content (AvgIpc) is 2.15. The number of ether oxygens (including phenoxy) is 1. The van der Waals surface area contributed by atoms with Crippen LogP contribution in [0, 0.1) is 6.92 Å². The Morgan fingerprint density at radius 2 is 1.94 bits per heavy atom. The van der Waals surface area contributed by atoms with Gasteiger partial charge in [0, 0.05) is 6.04 Å². The van der Waals surface area contributed by atoms with Crippen LogP contribution >= 0.6 is 0 Å². The first-order chi connectivity index (χ1) is 7.87. The van der Waals surface area contributed by atoms with Gasteiger partial charge in [-0.3, -0.25) is 0 Å². The zero-order valence-corrected chi connectivity index (χ0v) is 10.7. The Kier molecular flexibility index (Phi) is 4.55. The van der Waals surface area contributed by atoms with Gasteiger partial charge in [-0.1, -0.05) is 30.3 Å². The minimum atomic E-state index is -0.476. The highest BCUT2D eigenvalue weighted by molar-refractivity contribution is 5.68. The van der Waals surface area contributed by atoms with Gasteiger partial charge >= 0.3 is 6.09 Å². The predicted octanol–water partition coefficient (Wildman–Crippen LogP) is 2.96. The van der Waals surface area contributed by atoms with Crippen molar-refractivity contribution in [1.29, 1.82) is 0 Å². The average molecular weight is 234 g/mol. The smallest absolute Gasteiger partial charge is 0.407 e. The summed E-state index contributed by atoms with van der Waals surface area (Å²) >= 11 is 0. The molecule has 0 aromatic heterocycles. The molecule has 0 bridgehead atoms. The predicted molar refractivity (Wildman–Crippen MR) is 68.7 cm³/mol. The van der Waals surface area contributed by atoms with Crippen LogP contribution in [0.1, 0.15) is 26.3 Å². The highest BCUT2D eigenvalue weighted by Gasteiger charge is 2.17. The normalized spacial score (nSPS) is 12.9. The molecule has 1 amide bonds. The van der Waals surface area contributed by atoms with E-state index in [0.29, 0.717) is 6.42 Å². The van der Waals surface area contributed by atoms with Crippen LogP contribution in [0.25, 0.3) is 0 Å². The third kappa shape index (κ3) is 5.95. The molecule has 0 saturated heterocycles. The summed E-state index contributed by atoms with van der Waals surface area (Å²) in [4.78, 5) is 11.5.